The monoisotopic (exact) mass is 421 g/mol. The standard InChI is InChI=1S/C16H15ClF2IN/c1-2-7-21-16(12-5-3-10(17)8-14(12)19)13-6-4-11(18)9-15(13)20/h3-6,8-9,16,21H,2,7H2,1H3. The van der Waals surface area contributed by atoms with Gasteiger partial charge < -0.3 is 5.32 Å². The first-order chi connectivity index (χ1) is 10.0. The highest BCUT2D eigenvalue weighted by molar-refractivity contribution is 14.1. The molecule has 0 aliphatic rings. The number of halogens is 4. The number of hydrogen-bond acceptors (Lipinski definition) is 1. The van der Waals surface area contributed by atoms with Crippen LogP contribution in [0.5, 0.6) is 0 Å². The molecule has 0 amide bonds. The van der Waals surface area contributed by atoms with E-state index in [-0.39, 0.29) is 17.7 Å². The van der Waals surface area contributed by atoms with Crippen molar-refractivity contribution >= 4 is 34.2 Å². The Morgan fingerprint density at radius 2 is 1.86 bits per heavy atom. The van der Waals surface area contributed by atoms with E-state index in [1.165, 1.54) is 18.2 Å². The normalized spacial score (nSPS) is 12.4. The van der Waals surface area contributed by atoms with Crippen molar-refractivity contribution < 1.29 is 8.78 Å². The molecule has 112 valence electrons. The summed E-state index contributed by atoms with van der Waals surface area (Å²) in [7, 11) is 0. The predicted molar refractivity (Wildman–Crippen MR) is 90.7 cm³/mol. The lowest BCUT2D eigenvalue weighted by atomic mass is 9.98. The van der Waals surface area contributed by atoms with Crippen LogP contribution in [0.4, 0.5) is 8.78 Å². The van der Waals surface area contributed by atoms with Crippen LogP contribution in [0, 0.1) is 15.2 Å². The highest BCUT2D eigenvalue weighted by atomic mass is 127. The molecule has 2 aromatic carbocycles. The molecule has 5 heteroatoms. The number of nitrogens with one attached hydrogen (secondary N) is 1. The van der Waals surface area contributed by atoms with E-state index in [0.717, 1.165) is 22.1 Å². The Morgan fingerprint density at radius 1 is 1.14 bits per heavy atom. The first kappa shape index (κ1) is 16.6. The molecule has 0 saturated carbocycles. The molecule has 0 fully saturated rings. The van der Waals surface area contributed by atoms with Gasteiger partial charge in [-0.2, -0.15) is 0 Å². The van der Waals surface area contributed by atoms with E-state index in [1.807, 2.05) is 6.92 Å². The van der Waals surface area contributed by atoms with E-state index in [9.17, 15) is 8.78 Å². The second-order valence-electron chi connectivity index (χ2n) is 4.72. The van der Waals surface area contributed by atoms with Gasteiger partial charge in [0.2, 0.25) is 0 Å². The molecule has 0 aliphatic heterocycles. The van der Waals surface area contributed by atoms with Gasteiger partial charge in [0.15, 0.2) is 0 Å². The molecule has 0 aromatic heterocycles. The minimum atomic E-state index is -0.365. The molecule has 1 atom stereocenters. The zero-order valence-electron chi connectivity index (χ0n) is 11.5. The fraction of sp³-hybridized carbons (Fsp3) is 0.250. The molecule has 0 spiro atoms. The predicted octanol–water partition coefficient (Wildman–Crippen LogP) is 5.31. The first-order valence-corrected chi connectivity index (χ1v) is 8.12. The summed E-state index contributed by atoms with van der Waals surface area (Å²) in [5.74, 6) is -0.662. The van der Waals surface area contributed by atoms with Gasteiger partial charge in [0.05, 0.1) is 6.04 Å². The molecule has 0 saturated heterocycles. The van der Waals surface area contributed by atoms with E-state index in [4.69, 9.17) is 11.6 Å². The highest BCUT2D eigenvalue weighted by Gasteiger charge is 2.20. The van der Waals surface area contributed by atoms with Crippen LogP contribution >= 0.6 is 34.2 Å². The average Bonchev–Trinajstić information content (AvgIpc) is 2.42. The smallest absolute Gasteiger partial charge is 0.129 e. The zero-order chi connectivity index (χ0) is 15.4. The Bertz CT molecular complexity index is 582. The molecule has 1 unspecified atom stereocenters. The van der Waals surface area contributed by atoms with Crippen LogP contribution in [0.25, 0.3) is 0 Å². The van der Waals surface area contributed by atoms with Crippen LogP contribution in [0.3, 0.4) is 0 Å². The summed E-state index contributed by atoms with van der Waals surface area (Å²) in [5, 5.41) is 3.67. The van der Waals surface area contributed by atoms with Crippen molar-refractivity contribution in [1.82, 2.24) is 5.32 Å². The van der Waals surface area contributed by atoms with Crippen LogP contribution in [0.15, 0.2) is 36.4 Å². The van der Waals surface area contributed by atoms with Gasteiger partial charge in [0.25, 0.3) is 0 Å². The SMILES string of the molecule is CCCNC(c1ccc(Cl)cc1F)c1ccc(F)cc1I. The Kier molecular flexibility index (Phi) is 5.96. The lowest BCUT2D eigenvalue weighted by Gasteiger charge is -2.21. The molecular formula is C16H15ClF2IN. The summed E-state index contributed by atoms with van der Waals surface area (Å²) < 4.78 is 28.3. The second-order valence-corrected chi connectivity index (χ2v) is 6.32. The van der Waals surface area contributed by atoms with Crippen LogP contribution in [-0.4, -0.2) is 6.54 Å². The fourth-order valence-electron chi connectivity index (χ4n) is 2.15. The van der Waals surface area contributed by atoms with E-state index in [1.54, 1.807) is 18.2 Å². The molecule has 21 heavy (non-hydrogen) atoms. The molecule has 2 aromatic rings. The fourth-order valence-corrected chi connectivity index (χ4v) is 3.09. The third-order valence-corrected chi connectivity index (χ3v) is 4.31. The minimum absolute atomic E-state index is 0.297. The molecule has 0 bridgehead atoms. The third-order valence-electron chi connectivity index (χ3n) is 3.15. The summed E-state index contributed by atoms with van der Waals surface area (Å²) in [6, 6.07) is 8.85. The summed E-state index contributed by atoms with van der Waals surface area (Å²) >= 11 is 7.88. The maximum Gasteiger partial charge on any atom is 0.129 e. The van der Waals surface area contributed by atoms with Crippen LogP contribution in [0.2, 0.25) is 5.02 Å². The summed E-state index contributed by atoms with van der Waals surface area (Å²) in [6.07, 6.45) is 0.920. The van der Waals surface area contributed by atoms with E-state index in [2.05, 4.69) is 27.9 Å². The highest BCUT2D eigenvalue weighted by Crippen LogP contribution is 2.29. The largest absolute Gasteiger partial charge is 0.306 e. The maximum absolute atomic E-state index is 14.2. The van der Waals surface area contributed by atoms with Crippen molar-refractivity contribution in [2.45, 2.75) is 19.4 Å². The lowest BCUT2D eigenvalue weighted by molar-refractivity contribution is 0.544. The van der Waals surface area contributed by atoms with Gasteiger partial charge in [-0.15, -0.1) is 0 Å². The quantitative estimate of drug-likeness (QED) is 0.645. The van der Waals surface area contributed by atoms with Gasteiger partial charge in [0.1, 0.15) is 11.6 Å². The zero-order valence-corrected chi connectivity index (χ0v) is 14.4. The van der Waals surface area contributed by atoms with Crippen molar-refractivity contribution in [2.75, 3.05) is 6.54 Å². The Labute approximate surface area is 141 Å². The second kappa shape index (κ2) is 7.51. The van der Waals surface area contributed by atoms with Gasteiger partial charge in [-0.25, -0.2) is 8.78 Å². The van der Waals surface area contributed by atoms with Crippen molar-refractivity contribution in [3.8, 4) is 0 Å². The number of hydrogen-bond donors (Lipinski definition) is 1. The van der Waals surface area contributed by atoms with E-state index >= 15 is 0 Å². The number of rotatable bonds is 5. The van der Waals surface area contributed by atoms with Crippen LogP contribution in [-0.2, 0) is 0 Å². The Balaban J connectivity index is 2.46. The van der Waals surface area contributed by atoms with Crippen molar-refractivity contribution in [2.24, 2.45) is 0 Å². The summed E-state index contributed by atoms with van der Waals surface area (Å²) in [6.45, 7) is 2.78. The third kappa shape index (κ3) is 4.14. The molecule has 0 radical (unpaired) electrons. The topological polar surface area (TPSA) is 12.0 Å². The minimum Gasteiger partial charge on any atom is -0.306 e. The molecule has 1 N–H and O–H groups in total. The Morgan fingerprint density at radius 3 is 2.48 bits per heavy atom. The summed E-state index contributed by atoms with van der Waals surface area (Å²) in [5.41, 5.74) is 1.36. The van der Waals surface area contributed by atoms with Crippen LogP contribution < -0.4 is 5.32 Å². The lowest BCUT2D eigenvalue weighted by Crippen LogP contribution is -2.25. The van der Waals surface area contributed by atoms with Crippen LogP contribution in [0.1, 0.15) is 30.5 Å². The molecule has 0 aliphatic carbocycles. The average molecular weight is 422 g/mol. The molecule has 1 nitrogen and oxygen atoms in total. The Hall–Kier alpha value is -0.720. The van der Waals surface area contributed by atoms with Gasteiger partial charge in [-0.1, -0.05) is 30.7 Å². The summed E-state index contributed by atoms with van der Waals surface area (Å²) in [4.78, 5) is 0. The van der Waals surface area contributed by atoms with E-state index < -0.39 is 0 Å². The van der Waals surface area contributed by atoms with E-state index in [0.29, 0.717) is 10.6 Å². The number of benzene rings is 2. The van der Waals surface area contributed by atoms with Gasteiger partial charge in [-0.05, 0) is 65.4 Å². The van der Waals surface area contributed by atoms with Crippen molar-refractivity contribution in [3.63, 3.8) is 0 Å². The first-order valence-electron chi connectivity index (χ1n) is 6.66. The van der Waals surface area contributed by atoms with Gasteiger partial charge in [-0.3, -0.25) is 0 Å². The van der Waals surface area contributed by atoms with Gasteiger partial charge in [0, 0.05) is 14.2 Å². The van der Waals surface area contributed by atoms with Crippen molar-refractivity contribution in [3.05, 3.63) is 67.8 Å². The van der Waals surface area contributed by atoms with Gasteiger partial charge >= 0.3 is 0 Å². The molecular weight excluding hydrogens is 407 g/mol. The maximum atomic E-state index is 14.2. The molecule has 0 heterocycles. The molecule has 2 rings (SSSR count). The van der Waals surface area contributed by atoms with Crippen molar-refractivity contribution in [1.29, 1.82) is 0 Å².